The number of carbonyl (C=O) groups excluding carboxylic acids is 1. The van der Waals surface area contributed by atoms with E-state index in [9.17, 15) is 9.59 Å². The second-order valence-corrected chi connectivity index (χ2v) is 3.86. The number of methoxy groups -OCH3 is 1. The summed E-state index contributed by atoms with van der Waals surface area (Å²) in [6, 6.07) is 9.57. The first-order valence-corrected chi connectivity index (χ1v) is 5.64. The highest BCUT2D eigenvalue weighted by Gasteiger charge is 2.20. The number of hydrogen-bond acceptors (Lipinski definition) is 3. The zero-order valence-electron chi connectivity index (χ0n) is 10.2. The lowest BCUT2D eigenvalue weighted by molar-refractivity contribution is -0.149. The molecule has 0 aliphatic carbocycles. The van der Waals surface area contributed by atoms with E-state index < -0.39 is 17.9 Å². The van der Waals surface area contributed by atoms with Crippen LogP contribution in [0.5, 0.6) is 0 Å². The van der Waals surface area contributed by atoms with Gasteiger partial charge >= 0.3 is 11.9 Å². The second-order valence-electron chi connectivity index (χ2n) is 3.86. The maximum atomic E-state index is 11.1. The third-order valence-electron chi connectivity index (χ3n) is 2.52. The van der Waals surface area contributed by atoms with Gasteiger partial charge in [0, 0.05) is 0 Å². The van der Waals surface area contributed by atoms with E-state index in [1.54, 1.807) is 6.08 Å². The fourth-order valence-corrected chi connectivity index (χ4v) is 1.49. The molecule has 96 valence electrons. The molecule has 0 aliphatic heterocycles. The fourth-order valence-electron chi connectivity index (χ4n) is 1.49. The Morgan fingerprint density at radius 3 is 2.56 bits per heavy atom. The van der Waals surface area contributed by atoms with Crippen LogP contribution in [-0.2, 0) is 14.3 Å². The monoisotopic (exact) mass is 248 g/mol. The van der Waals surface area contributed by atoms with Gasteiger partial charge in [-0.2, -0.15) is 0 Å². The summed E-state index contributed by atoms with van der Waals surface area (Å²) in [7, 11) is 1.25. The highest BCUT2D eigenvalue weighted by atomic mass is 16.5. The summed E-state index contributed by atoms with van der Waals surface area (Å²) in [6.07, 6.45) is 3.80. The number of benzene rings is 1. The number of hydrogen-bond donors (Lipinski definition) is 1. The Morgan fingerprint density at radius 2 is 2.00 bits per heavy atom. The minimum Gasteiger partial charge on any atom is -0.481 e. The smallest absolute Gasteiger partial charge is 0.307 e. The number of aliphatic carboxylic acids is 1. The molecule has 4 nitrogen and oxygen atoms in total. The molecule has 1 aromatic carbocycles. The van der Waals surface area contributed by atoms with Crippen LogP contribution in [0.4, 0.5) is 0 Å². The van der Waals surface area contributed by atoms with E-state index in [0.29, 0.717) is 6.42 Å². The lowest BCUT2D eigenvalue weighted by Crippen LogP contribution is -2.18. The predicted molar refractivity (Wildman–Crippen MR) is 67.9 cm³/mol. The molecule has 1 N–H and O–H groups in total. The van der Waals surface area contributed by atoms with E-state index in [4.69, 9.17) is 5.11 Å². The Morgan fingerprint density at radius 1 is 1.33 bits per heavy atom. The van der Waals surface area contributed by atoms with Crippen molar-refractivity contribution in [1.29, 1.82) is 0 Å². The molecule has 0 amide bonds. The zero-order valence-corrected chi connectivity index (χ0v) is 10.2. The summed E-state index contributed by atoms with van der Waals surface area (Å²) < 4.78 is 4.47. The van der Waals surface area contributed by atoms with Gasteiger partial charge < -0.3 is 9.84 Å². The maximum absolute atomic E-state index is 11.1. The number of rotatable bonds is 6. The molecule has 0 aliphatic rings. The quantitative estimate of drug-likeness (QED) is 0.785. The molecule has 18 heavy (non-hydrogen) atoms. The van der Waals surface area contributed by atoms with Crippen molar-refractivity contribution in [1.82, 2.24) is 0 Å². The average Bonchev–Trinajstić information content (AvgIpc) is 2.38. The lowest BCUT2D eigenvalue weighted by atomic mass is 10.0. The molecule has 0 saturated carbocycles. The number of carboxylic acid groups (broad SMARTS) is 1. The van der Waals surface area contributed by atoms with Gasteiger partial charge in [0.2, 0.25) is 0 Å². The van der Waals surface area contributed by atoms with E-state index in [2.05, 4.69) is 4.74 Å². The first-order valence-electron chi connectivity index (χ1n) is 5.64. The molecule has 1 aromatic rings. The highest BCUT2D eigenvalue weighted by molar-refractivity contribution is 5.78. The normalized spacial score (nSPS) is 12.3. The van der Waals surface area contributed by atoms with Crippen molar-refractivity contribution in [3.63, 3.8) is 0 Å². The molecule has 1 rings (SSSR count). The molecule has 0 spiro atoms. The van der Waals surface area contributed by atoms with Gasteiger partial charge in [-0.1, -0.05) is 42.5 Å². The van der Waals surface area contributed by atoms with Crippen molar-refractivity contribution < 1.29 is 19.4 Å². The minimum absolute atomic E-state index is 0.106. The summed E-state index contributed by atoms with van der Waals surface area (Å²) in [5.74, 6) is -2.23. The van der Waals surface area contributed by atoms with Gasteiger partial charge in [0.25, 0.3) is 0 Å². The average molecular weight is 248 g/mol. The predicted octanol–water partition coefficient (Wildman–Crippen LogP) is 2.35. The van der Waals surface area contributed by atoms with Crippen LogP contribution in [0.15, 0.2) is 36.4 Å². The third kappa shape index (κ3) is 4.82. The van der Waals surface area contributed by atoms with Gasteiger partial charge in [-0.25, -0.2) is 0 Å². The van der Waals surface area contributed by atoms with Crippen molar-refractivity contribution in [2.45, 2.75) is 12.8 Å². The number of allylic oxidation sites excluding steroid dienone is 1. The Labute approximate surface area is 106 Å². The fraction of sp³-hybridized carbons (Fsp3) is 0.286. The lowest BCUT2D eigenvalue weighted by Gasteiger charge is -2.07. The third-order valence-corrected chi connectivity index (χ3v) is 2.52. The van der Waals surface area contributed by atoms with Crippen molar-refractivity contribution in [3.05, 3.63) is 42.0 Å². The molecule has 0 radical (unpaired) electrons. The van der Waals surface area contributed by atoms with Crippen LogP contribution in [0.1, 0.15) is 18.4 Å². The standard InChI is InChI=1S/C14H16O4/c1-18-13(15)10-12(14(16)17)9-5-8-11-6-3-2-4-7-11/h2-8,12H,9-10H2,1H3,(H,16,17). The van der Waals surface area contributed by atoms with Crippen LogP contribution < -0.4 is 0 Å². The van der Waals surface area contributed by atoms with Crippen molar-refractivity contribution in [3.8, 4) is 0 Å². The first-order chi connectivity index (χ1) is 8.63. The van der Waals surface area contributed by atoms with Gasteiger partial charge in [-0.15, -0.1) is 0 Å². The Balaban J connectivity index is 2.55. The van der Waals surface area contributed by atoms with Gasteiger partial charge in [0.1, 0.15) is 0 Å². The number of ether oxygens (including phenoxy) is 1. The van der Waals surface area contributed by atoms with Gasteiger partial charge in [-0.05, 0) is 12.0 Å². The molecule has 1 atom stereocenters. The van der Waals surface area contributed by atoms with Crippen LogP contribution in [0, 0.1) is 5.92 Å². The summed E-state index contributed by atoms with van der Waals surface area (Å²) in [5.41, 5.74) is 1.000. The number of carboxylic acids is 1. The van der Waals surface area contributed by atoms with Crippen LogP contribution in [0.3, 0.4) is 0 Å². The van der Waals surface area contributed by atoms with Gasteiger partial charge in [-0.3, -0.25) is 9.59 Å². The van der Waals surface area contributed by atoms with Gasteiger partial charge in [0.05, 0.1) is 19.4 Å². The summed E-state index contributed by atoms with van der Waals surface area (Å²) >= 11 is 0. The molecule has 0 aromatic heterocycles. The van der Waals surface area contributed by atoms with Crippen LogP contribution in [0.2, 0.25) is 0 Å². The SMILES string of the molecule is COC(=O)CC(CC=Cc1ccccc1)C(=O)O. The summed E-state index contributed by atoms with van der Waals surface area (Å²) in [5, 5.41) is 8.97. The molecule has 0 bridgehead atoms. The maximum Gasteiger partial charge on any atom is 0.307 e. The summed E-state index contributed by atoms with van der Waals surface area (Å²) in [6.45, 7) is 0. The van der Waals surface area contributed by atoms with E-state index in [1.165, 1.54) is 7.11 Å². The van der Waals surface area contributed by atoms with E-state index >= 15 is 0 Å². The van der Waals surface area contributed by atoms with Crippen molar-refractivity contribution in [2.24, 2.45) is 5.92 Å². The number of esters is 1. The Hall–Kier alpha value is -2.10. The molecular formula is C14H16O4. The topological polar surface area (TPSA) is 63.6 Å². The minimum atomic E-state index is -0.988. The van der Waals surface area contributed by atoms with E-state index in [1.807, 2.05) is 36.4 Å². The summed E-state index contributed by atoms with van der Waals surface area (Å²) in [4.78, 5) is 22.0. The molecule has 4 heteroatoms. The highest BCUT2D eigenvalue weighted by Crippen LogP contribution is 2.12. The molecule has 0 heterocycles. The molecular weight excluding hydrogens is 232 g/mol. The zero-order chi connectivity index (χ0) is 13.4. The van der Waals surface area contributed by atoms with Crippen molar-refractivity contribution >= 4 is 18.0 Å². The van der Waals surface area contributed by atoms with Gasteiger partial charge in [0.15, 0.2) is 0 Å². The van der Waals surface area contributed by atoms with E-state index in [0.717, 1.165) is 5.56 Å². The van der Waals surface area contributed by atoms with Crippen LogP contribution in [-0.4, -0.2) is 24.2 Å². The van der Waals surface area contributed by atoms with E-state index in [-0.39, 0.29) is 6.42 Å². The Kier molecular flexibility index (Phi) is 5.64. The Bertz CT molecular complexity index is 423. The largest absolute Gasteiger partial charge is 0.481 e. The number of carbonyl (C=O) groups is 2. The van der Waals surface area contributed by atoms with Crippen molar-refractivity contribution in [2.75, 3.05) is 7.11 Å². The van der Waals surface area contributed by atoms with Crippen LogP contribution in [0.25, 0.3) is 6.08 Å². The van der Waals surface area contributed by atoms with Crippen LogP contribution >= 0.6 is 0 Å². The second kappa shape index (κ2) is 7.27. The molecule has 1 unspecified atom stereocenters. The molecule has 0 saturated heterocycles. The molecule has 0 fully saturated rings. The first kappa shape index (κ1) is 14.0.